The average Bonchev–Trinajstić information content (AvgIpc) is 3.91. The van der Waals surface area contributed by atoms with Crippen LogP contribution in [0.15, 0.2) is 164 Å². The Morgan fingerprint density at radius 2 is 1.11 bits per heavy atom. The Balaban J connectivity index is 0.00000361. The second kappa shape index (κ2) is 12.8. The number of pyridine rings is 3. The van der Waals surface area contributed by atoms with E-state index < -0.39 is 0 Å². The van der Waals surface area contributed by atoms with E-state index in [1.165, 1.54) is 0 Å². The van der Waals surface area contributed by atoms with Gasteiger partial charge >= 0.3 is 21.1 Å². The molecule has 0 atom stereocenters. The van der Waals surface area contributed by atoms with E-state index in [1.807, 2.05) is 61.2 Å². The Labute approximate surface area is 324 Å². The molecule has 11 rings (SSSR count). The summed E-state index contributed by atoms with van der Waals surface area (Å²) in [6.07, 6.45) is 7.61. The largest absolute Gasteiger partial charge is 2.00 e. The summed E-state index contributed by atoms with van der Waals surface area (Å²) < 4.78 is 10.9. The summed E-state index contributed by atoms with van der Waals surface area (Å²) in [5.41, 5.74) is 10.2. The summed E-state index contributed by atoms with van der Waals surface area (Å²) >= 11 is 0. The minimum atomic E-state index is 0. The van der Waals surface area contributed by atoms with E-state index in [4.69, 9.17) is 19.7 Å². The molecule has 5 aromatic heterocycles. The molecule has 6 nitrogen and oxygen atoms in total. The van der Waals surface area contributed by atoms with E-state index >= 15 is 0 Å². The molecule has 7 heteroatoms. The summed E-state index contributed by atoms with van der Waals surface area (Å²) in [7, 11) is 0. The number of nitrogens with zero attached hydrogens (tertiary/aromatic N) is 5. The monoisotopic (exact) mass is 872 g/mol. The van der Waals surface area contributed by atoms with E-state index in [0.717, 1.165) is 88.3 Å². The number of rotatable bonds is 5. The fourth-order valence-electron chi connectivity index (χ4n) is 7.73. The van der Waals surface area contributed by atoms with Gasteiger partial charge in [0.1, 0.15) is 5.65 Å². The molecule has 0 bridgehead atoms. The maximum Gasteiger partial charge on any atom is 2.00 e. The summed E-state index contributed by atoms with van der Waals surface area (Å²) in [5.74, 6) is 1.15. The fourth-order valence-corrected chi connectivity index (χ4v) is 7.73. The van der Waals surface area contributed by atoms with E-state index in [0.29, 0.717) is 11.5 Å². The second-order valence-electron chi connectivity index (χ2n) is 13.1. The number of ether oxygens (including phenoxy) is 1. The van der Waals surface area contributed by atoms with Crippen LogP contribution in [0.2, 0.25) is 0 Å². The minimum absolute atomic E-state index is 0. The molecule has 0 amide bonds. The van der Waals surface area contributed by atoms with Crippen LogP contribution in [0.4, 0.5) is 0 Å². The Bertz CT molecular complexity index is 3190. The van der Waals surface area contributed by atoms with Gasteiger partial charge in [-0.05, 0) is 45.2 Å². The van der Waals surface area contributed by atoms with Crippen molar-refractivity contribution in [3.05, 3.63) is 176 Å². The molecule has 0 spiro atoms. The number of aromatic nitrogens is 5. The number of benzene rings is 6. The van der Waals surface area contributed by atoms with Gasteiger partial charge in [-0.3, -0.25) is 9.97 Å². The smallest absolute Gasteiger partial charge is 0.497 e. The normalized spacial score (nSPS) is 11.6. The van der Waals surface area contributed by atoms with Crippen LogP contribution in [0, 0.1) is 12.1 Å². The number of fused-ring (bicyclic) bond motifs is 12. The quantitative estimate of drug-likeness (QED) is 0.128. The first-order valence-electron chi connectivity index (χ1n) is 17.5. The van der Waals surface area contributed by atoms with Gasteiger partial charge in [-0.15, -0.1) is 12.1 Å². The Morgan fingerprint density at radius 3 is 1.83 bits per heavy atom. The first-order valence-corrected chi connectivity index (χ1v) is 17.5. The van der Waals surface area contributed by atoms with Gasteiger partial charge in [0.25, 0.3) is 0 Å². The summed E-state index contributed by atoms with van der Waals surface area (Å²) in [4.78, 5) is 14.5. The molecule has 0 aliphatic heterocycles. The molecule has 6 aromatic carbocycles. The molecule has 0 fully saturated rings. The SMILES string of the molecule is [Pt+2].[c-]1c(Oc2[c-]c3c(cc2)c2cccnc2n2c(-c4ccccc4)cnc32)ccc2c1c1nccn1c1c(-c3ccccc3)cc(-c3ccccc3)cc21. The molecular weight excluding hydrogens is 846 g/mol. The van der Waals surface area contributed by atoms with Gasteiger partial charge in [0.05, 0.1) is 17.0 Å². The predicted molar refractivity (Wildman–Crippen MR) is 212 cm³/mol. The van der Waals surface area contributed by atoms with Crippen LogP contribution in [0.1, 0.15) is 0 Å². The van der Waals surface area contributed by atoms with E-state index in [1.54, 1.807) is 0 Å². The molecule has 256 valence electrons. The molecular formula is C47H27N5OPt. The minimum Gasteiger partial charge on any atom is -0.497 e. The first-order chi connectivity index (χ1) is 26.3. The molecule has 11 aromatic rings. The fraction of sp³-hybridized carbons (Fsp3) is 0. The summed E-state index contributed by atoms with van der Waals surface area (Å²) in [6.45, 7) is 0. The standard InChI is InChI=1S/C47H27N5O.Pt/c1-4-11-30(12-5-1)33-25-39(31-13-6-2-7-14-31)44-40(26-33)37-21-19-34(27-41(37)45-49-23-24-51(44)45)53-35-18-20-36-38-17-10-22-48-46(38)52-43(32-15-8-3-9-16-32)29-50-47(52)42(36)28-35;/h1-26,29H;/q-2;+2. The molecule has 5 heterocycles. The molecule has 0 unspecified atom stereocenters. The van der Waals surface area contributed by atoms with Crippen molar-refractivity contribution in [1.29, 1.82) is 0 Å². The van der Waals surface area contributed by atoms with Gasteiger partial charge in [-0.1, -0.05) is 149 Å². The van der Waals surface area contributed by atoms with Gasteiger partial charge in [0, 0.05) is 47.4 Å². The molecule has 54 heavy (non-hydrogen) atoms. The molecule has 0 saturated heterocycles. The van der Waals surface area contributed by atoms with Crippen molar-refractivity contribution in [2.24, 2.45) is 0 Å². The van der Waals surface area contributed by atoms with Gasteiger partial charge in [0.2, 0.25) is 0 Å². The maximum atomic E-state index is 6.57. The van der Waals surface area contributed by atoms with Crippen LogP contribution < -0.4 is 4.74 Å². The van der Waals surface area contributed by atoms with E-state index in [9.17, 15) is 0 Å². The van der Waals surface area contributed by atoms with Crippen LogP contribution in [-0.4, -0.2) is 23.8 Å². The Kier molecular flexibility index (Phi) is 7.60. The number of hydrogen-bond donors (Lipinski definition) is 0. The van der Waals surface area contributed by atoms with Gasteiger partial charge in [-0.25, -0.2) is 4.98 Å². The summed E-state index contributed by atoms with van der Waals surface area (Å²) in [5, 5.41) is 5.93. The Hall–Kier alpha value is -6.62. The van der Waals surface area contributed by atoms with Crippen molar-refractivity contribution in [3.8, 4) is 45.0 Å². The molecule has 0 saturated carbocycles. The van der Waals surface area contributed by atoms with Crippen molar-refractivity contribution in [3.63, 3.8) is 0 Å². The first kappa shape index (κ1) is 32.1. The Morgan fingerprint density at radius 1 is 0.481 bits per heavy atom. The zero-order valence-electron chi connectivity index (χ0n) is 28.5. The average molecular weight is 873 g/mol. The van der Waals surface area contributed by atoms with Gasteiger partial charge < -0.3 is 13.5 Å². The van der Waals surface area contributed by atoms with E-state index in [-0.39, 0.29) is 21.1 Å². The van der Waals surface area contributed by atoms with Crippen molar-refractivity contribution in [2.45, 2.75) is 0 Å². The predicted octanol–water partition coefficient (Wildman–Crippen LogP) is 11.4. The second-order valence-corrected chi connectivity index (χ2v) is 13.1. The van der Waals surface area contributed by atoms with Crippen LogP contribution in [0.3, 0.4) is 0 Å². The van der Waals surface area contributed by atoms with Crippen molar-refractivity contribution >= 4 is 54.8 Å². The zero-order chi connectivity index (χ0) is 34.9. The number of hydrogen-bond acceptors (Lipinski definition) is 4. The molecule has 0 aliphatic rings. The van der Waals surface area contributed by atoms with Crippen LogP contribution >= 0.6 is 0 Å². The van der Waals surface area contributed by atoms with Crippen molar-refractivity contribution in [1.82, 2.24) is 23.8 Å². The molecule has 0 N–H and O–H groups in total. The third-order valence-corrected chi connectivity index (χ3v) is 10.1. The third kappa shape index (κ3) is 5.02. The molecule has 0 radical (unpaired) electrons. The van der Waals surface area contributed by atoms with Crippen molar-refractivity contribution in [2.75, 3.05) is 0 Å². The molecule has 0 aliphatic carbocycles. The van der Waals surface area contributed by atoms with Crippen LogP contribution in [0.25, 0.3) is 88.3 Å². The topological polar surface area (TPSA) is 56.7 Å². The van der Waals surface area contributed by atoms with Crippen LogP contribution in [-0.2, 0) is 21.1 Å². The van der Waals surface area contributed by atoms with E-state index in [2.05, 4.69) is 124 Å². The maximum absolute atomic E-state index is 6.57. The van der Waals surface area contributed by atoms with Crippen molar-refractivity contribution < 1.29 is 25.8 Å². The van der Waals surface area contributed by atoms with Gasteiger partial charge in [-0.2, -0.15) is 0 Å². The van der Waals surface area contributed by atoms with Gasteiger partial charge in [0.15, 0.2) is 0 Å². The zero-order valence-corrected chi connectivity index (χ0v) is 30.8. The summed E-state index contributed by atoms with van der Waals surface area (Å²) in [6, 6.07) is 55.3. The number of imidazole rings is 2. The van der Waals surface area contributed by atoms with Crippen LogP contribution in [0.5, 0.6) is 11.5 Å². The third-order valence-electron chi connectivity index (χ3n) is 10.1.